The van der Waals surface area contributed by atoms with Crippen molar-refractivity contribution in [1.29, 1.82) is 0 Å². The second kappa shape index (κ2) is 5.82. The first-order chi connectivity index (χ1) is 9.90. The van der Waals surface area contributed by atoms with Gasteiger partial charge in [0, 0.05) is 25.9 Å². The number of anilines is 2. The zero-order valence-corrected chi connectivity index (χ0v) is 11.3. The lowest BCUT2D eigenvalue weighted by molar-refractivity contribution is 0.102. The fourth-order valence-corrected chi connectivity index (χ4v) is 1.73. The highest BCUT2D eigenvalue weighted by Gasteiger charge is 2.16. The number of nitrogens with zero attached hydrogens (tertiary/aromatic N) is 2. The molecule has 0 aliphatic rings. The largest absolute Gasteiger partial charge is 0.361 e. The molecule has 0 aliphatic carbocycles. The maximum Gasteiger partial charge on any atom is 0.255 e. The second-order valence-corrected chi connectivity index (χ2v) is 4.48. The molecule has 7 heteroatoms. The molecule has 0 saturated carbocycles. The first-order valence-electron chi connectivity index (χ1n) is 5.98. The van der Waals surface area contributed by atoms with Crippen LogP contribution in [0.15, 0.2) is 30.5 Å². The van der Waals surface area contributed by atoms with Crippen LogP contribution in [0.2, 0.25) is 0 Å². The molecule has 1 aromatic heterocycles. The number of halogens is 3. The minimum atomic E-state index is -1.61. The Morgan fingerprint density at radius 1 is 1.19 bits per heavy atom. The van der Waals surface area contributed by atoms with E-state index in [1.165, 1.54) is 0 Å². The molecule has 2 aromatic rings. The SMILES string of the molecule is CN(C)c1ncccc1NC(=O)c1cc(F)c(F)c(F)c1. The molecule has 110 valence electrons. The number of amides is 1. The van der Waals surface area contributed by atoms with E-state index in [1.807, 2.05) is 0 Å². The number of carbonyl (C=O) groups is 1. The summed E-state index contributed by atoms with van der Waals surface area (Å²) in [6.07, 6.45) is 1.54. The summed E-state index contributed by atoms with van der Waals surface area (Å²) < 4.78 is 39.1. The molecule has 0 radical (unpaired) electrons. The molecule has 4 nitrogen and oxygen atoms in total. The lowest BCUT2D eigenvalue weighted by Crippen LogP contribution is -2.18. The highest BCUT2D eigenvalue weighted by atomic mass is 19.2. The van der Waals surface area contributed by atoms with Crippen molar-refractivity contribution in [3.8, 4) is 0 Å². The summed E-state index contributed by atoms with van der Waals surface area (Å²) in [7, 11) is 3.46. The van der Waals surface area contributed by atoms with Gasteiger partial charge in [0.15, 0.2) is 23.3 Å². The van der Waals surface area contributed by atoms with Gasteiger partial charge in [-0.3, -0.25) is 4.79 Å². The van der Waals surface area contributed by atoms with E-state index in [1.54, 1.807) is 37.3 Å². The minimum absolute atomic E-state index is 0.319. The van der Waals surface area contributed by atoms with Crippen molar-refractivity contribution in [3.05, 3.63) is 53.5 Å². The van der Waals surface area contributed by atoms with Crippen LogP contribution in [-0.4, -0.2) is 25.0 Å². The van der Waals surface area contributed by atoms with Crippen molar-refractivity contribution in [2.75, 3.05) is 24.3 Å². The lowest BCUT2D eigenvalue weighted by Gasteiger charge is -2.16. The molecule has 0 fully saturated rings. The van der Waals surface area contributed by atoms with Gasteiger partial charge in [-0.25, -0.2) is 18.2 Å². The molecule has 1 aromatic carbocycles. The van der Waals surface area contributed by atoms with E-state index in [0.717, 1.165) is 0 Å². The molecular weight excluding hydrogens is 283 g/mol. The van der Waals surface area contributed by atoms with Crippen LogP contribution in [0.1, 0.15) is 10.4 Å². The minimum Gasteiger partial charge on any atom is -0.361 e. The van der Waals surface area contributed by atoms with E-state index in [9.17, 15) is 18.0 Å². The summed E-state index contributed by atoms with van der Waals surface area (Å²) in [4.78, 5) is 17.7. The Hall–Kier alpha value is -2.57. The fourth-order valence-electron chi connectivity index (χ4n) is 1.73. The number of carbonyl (C=O) groups excluding carboxylic acids is 1. The summed E-state index contributed by atoms with van der Waals surface area (Å²) in [5.41, 5.74) is 0.0533. The zero-order chi connectivity index (χ0) is 15.6. The van der Waals surface area contributed by atoms with Crippen LogP contribution in [0.3, 0.4) is 0 Å². The fraction of sp³-hybridized carbons (Fsp3) is 0.143. The third kappa shape index (κ3) is 3.13. The number of benzene rings is 1. The third-order valence-electron chi connectivity index (χ3n) is 2.70. The van der Waals surface area contributed by atoms with E-state index >= 15 is 0 Å². The lowest BCUT2D eigenvalue weighted by atomic mass is 10.2. The number of hydrogen-bond donors (Lipinski definition) is 1. The molecular formula is C14H12F3N3O. The Bertz CT molecular complexity index is 666. The van der Waals surface area contributed by atoms with Crippen LogP contribution in [0, 0.1) is 17.5 Å². The van der Waals surface area contributed by atoms with E-state index in [-0.39, 0.29) is 5.56 Å². The molecule has 0 spiro atoms. The van der Waals surface area contributed by atoms with E-state index in [4.69, 9.17) is 0 Å². The van der Waals surface area contributed by atoms with Gasteiger partial charge >= 0.3 is 0 Å². The number of rotatable bonds is 3. The van der Waals surface area contributed by atoms with Crippen LogP contribution >= 0.6 is 0 Å². The van der Waals surface area contributed by atoms with Crippen molar-refractivity contribution in [1.82, 2.24) is 4.98 Å². The van der Waals surface area contributed by atoms with Crippen molar-refractivity contribution >= 4 is 17.4 Å². The predicted octanol–water partition coefficient (Wildman–Crippen LogP) is 2.82. The molecule has 21 heavy (non-hydrogen) atoms. The first kappa shape index (κ1) is 14.8. The Labute approximate surface area is 119 Å². The smallest absolute Gasteiger partial charge is 0.255 e. The van der Waals surface area contributed by atoms with Crippen molar-refractivity contribution < 1.29 is 18.0 Å². The van der Waals surface area contributed by atoms with E-state index in [0.29, 0.717) is 23.6 Å². The van der Waals surface area contributed by atoms with Crippen LogP contribution < -0.4 is 10.2 Å². The first-order valence-corrected chi connectivity index (χ1v) is 5.98. The van der Waals surface area contributed by atoms with E-state index in [2.05, 4.69) is 10.3 Å². The molecule has 1 amide bonds. The predicted molar refractivity (Wildman–Crippen MR) is 72.8 cm³/mol. The van der Waals surface area contributed by atoms with Crippen molar-refractivity contribution in [2.45, 2.75) is 0 Å². The van der Waals surface area contributed by atoms with Crippen LogP contribution in [0.25, 0.3) is 0 Å². The van der Waals surface area contributed by atoms with E-state index < -0.39 is 23.4 Å². The number of pyridine rings is 1. The molecule has 0 atom stereocenters. The van der Waals surface area contributed by atoms with Crippen LogP contribution in [-0.2, 0) is 0 Å². The molecule has 0 bridgehead atoms. The average Bonchev–Trinajstić information content (AvgIpc) is 2.44. The van der Waals surface area contributed by atoms with Gasteiger partial charge in [0.05, 0.1) is 5.69 Å². The average molecular weight is 295 g/mol. The Morgan fingerprint density at radius 3 is 2.38 bits per heavy atom. The van der Waals surface area contributed by atoms with Crippen LogP contribution in [0.5, 0.6) is 0 Å². The van der Waals surface area contributed by atoms with Gasteiger partial charge in [-0.1, -0.05) is 0 Å². The normalized spacial score (nSPS) is 10.3. The standard InChI is InChI=1S/C14H12F3N3O/c1-20(2)13-11(4-3-5-18-13)19-14(21)8-6-9(15)12(17)10(16)7-8/h3-7H,1-2H3,(H,19,21). The summed E-state index contributed by atoms with van der Waals surface area (Å²) >= 11 is 0. The molecule has 1 N–H and O–H groups in total. The summed E-state index contributed by atoms with van der Waals surface area (Å²) in [5, 5.41) is 2.48. The quantitative estimate of drug-likeness (QED) is 0.886. The topological polar surface area (TPSA) is 45.2 Å². The third-order valence-corrected chi connectivity index (χ3v) is 2.70. The van der Waals surface area contributed by atoms with Gasteiger partial charge in [-0.15, -0.1) is 0 Å². The molecule has 1 heterocycles. The van der Waals surface area contributed by atoms with Gasteiger partial charge in [0.25, 0.3) is 5.91 Å². The number of nitrogens with one attached hydrogen (secondary N) is 1. The van der Waals surface area contributed by atoms with Crippen LogP contribution in [0.4, 0.5) is 24.7 Å². The second-order valence-electron chi connectivity index (χ2n) is 4.48. The summed E-state index contributed by atoms with van der Waals surface area (Å²) in [6, 6.07) is 4.48. The van der Waals surface area contributed by atoms with Gasteiger partial charge in [-0.05, 0) is 24.3 Å². The Morgan fingerprint density at radius 2 is 1.81 bits per heavy atom. The maximum atomic E-state index is 13.1. The van der Waals surface area contributed by atoms with Gasteiger partial charge in [0.1, 0.15) is 0 Å². The molecule has 2 rings (SSSR count). The number of aromatic nitrogens is 1. The van der Waals surface area contributed by atoms with Gasteiger partial charge in [0.2, 0.25) is 0 Å². The molecule has 0 aliphatic heterocycles. The molecule has 0 saturated heterocycles. The molecule has 0 unspecified atom stereocenters. The Kier molecular flexibility index (Phi) is 4.11. The highest BCUT2D eigenvalue weighted by molar-refractivity contribution is 6.05. The summed E-state index contributed by atoms with van der Waals surface area (Å²) in [5.74, 6) is -4.72. The van der Waals surface area contributed by atoms with Crippen molar-refractivity contribution in [3.63, 3.8) is 0 Å². The zero-order valence-electron chi connectivity index (χ0n) is 11.3. The maximum absolute atomic E-state index is 13.1. The Balaban J connectivity index is 2.31. The highest BCUT2D eigenvalue weighted by Crippen LogP contribution is 2.22. The van der Waals surface area contributed by atoms with Gasteiger partial charge in [-0.2, -0.15) is 0 Å². The monoisotopic (exact) mass is 295 g/mol. The summed E-state index contributed by atoms with van der Waals surface area (Å²) in [6.45, 7) is 0. The van der Waals surface area contributed by atoms with Gasteiger partial charge < -0.3 is 10.2 Å². The van der Waals surface area contributed by atoms with Crippen molar-refractivity contribution in [2.24, 2.45) is 0 Å². The number of hydrogen-bond acceptors (Lipinski definition) is 3.